The van der Waals surface area contributed by atoms with Gasteiger partial charge in [0.15, 0.2) is 0 Å². The third-order valence-corrected chi connectivity index (χ3v) is 3.30. The summed E-state index contributed by atoms with van der Waals surface area (Å²) in [6.07, 6.45) is 1.52. The SMILES string of the molecule is Cl.Nc1nc(Nc2ccccc2)ncc1-c1ccccc1C(=O)O. The number of halogens is 1. The highest BCUT2D eigenvalue weighted by Crippen LogP contribution is 2.28. The summed E-state index contributed by atoms with van der Waals surface area (Å²) in [5, 5.41) is 12.3. The summed E-state index contributed by atoms with van der Waals surface area (Å²) in [6.45, 7) is 0. The summed E-state index contributed by atoms with van der Waals surface area (Å²) >= 11 is 0. The summed E-state index contributed by atoms with van der Waals surface area (Å²) in [5.74, 6) is -0.455. The van der Waals surface area contributed by atoms with E-state index in [1.54, 1.807) is 18.2 Å². The van der Waals surface area contributed by atoms with Crippen LogP contribution in [0.5, 0.6) is 0 Å². The Labute approximate surface area is 144 Å². The number of nitrogens with one attached hydrogen (secondary N) is 1. The molecule has 0 saturated carbocycles. The molecule has 3 aromatic rings. The number of nitrogens with two attached hydrogens (primary N) is 1. The zero-order chi connectivity index (χ0) is 16.2. The summed E-state index contributed by atoms with van der Waals surface area (Å²) in [7, 11) is 0. The zero-order valence-corrected chi connectivity index (χ0v) is 13.3. The van der Waals surface area contributed by atoms with Gasteiger partial charge in [0.1, 0.15) is 5.82 Å². The molecular weight excluding hydrogens is 328 g/mol. The lowest BCUT2D eigenvalue weighted by atomic mass is 10.0. The summed E-state index contributed by atoms with van der Waals surface area (Å²) in [4.78, 5) is 19.7. The number of carbonyl (C=O) groups is 1. The largest absolute Gasteiger partial charge is 0.478 e. The van der Waals surface area contributed by atoms with E-state index in [9.17, 15) is 9.90 Å². The summed E-state index contributed by atoms with van der Waals surface area (Å²) in [5.41, 5.74) is 7.97. The van der Waals surface area contributed by atoms with Crippen LogP contribution in [0.2, 0.25) is 0 Å². The maximum atomic E-state index is 11.3. The molecule has 1 heterocycles. The normalized spacial score (nSPS) is 9.83. The molecule has 3 rings (SSSR count). The topological polar surface area (TPSA) is 101 Å². The molecular formula is C17H15ClN4O2. The first-order valence-electron chi connectivity index (χ1n) is 6.92. The van der Waals surface area contributed by atoms with Crippen LogP contribution < -0.4 is 11.1 Å². The highest BCUT2D eigenvalue weighted by molar-refractivity contribution is 5.97. The number of carboxylic acids is 1. The first kappa shape index (κ1) is 17.2. The third-order valence-electron chi connectivity index (χ3n) is 3.30. The van der Waals surface area contributed by atoms with Crippen LogP contribution in [0, 0.1) is 0 Å². The lowest BCUT2D eigenvalue weighted by Crippen LogP contribution is -2.05. The molecule has 2 aromatic carbocycles. The molecule has 0 bridgehead atoms. The van der Waals surface area contributed by atoms with Crippen LogP contribution in [0.15, 0.2) is 60.8 Å². The molecule has 1 aromatic heterocycles. The highest BCUT2D eigenvalue weighted by atomic mass is 35.5. The fourth-order valence-electron chi connectivity index (χ4n) is 2.22. The third kappa shape index (κ3) is 3.61. The van der Waals surface area contributed by atoms with Crippen molar-refractivity contribution in [2.45, 2.75) is 0 Å². The van der Waals surface area contributed by atoms with Gasteiger partial charge in [-0.25, -0.2) is 9.78 Å². The predicted octanol–water partition coefficient (Wildman–Crippen LogP) is 3.59. The maximum absolute atomic E-state index is 11.3. The number of nitrogen functional groups attached to an aromatic ring is 1. The molecule has 6 nitrogen and oxygen atoms in total. The van der Waals surface area contributed by atoms with Crippen molar-refractivity contribution < 1.29 is 9.90 Å². The minimum absolute atomic E-state index is 0. The second-order valence-corrected chi connectivity index (χ2v) is 4.83. The van der Waals surface area contributed by atoms with Crippen LogP contribution in [-0.4, -0.2) is 21.0 Å². The molecule has 122 valence electrons. The summed E-state index contributed by atoms with van der Waals surface area (Å²) < 4.78 is 0. The lowest BCUT2D eigenvalue weighted by Gasteiger charge is -2.10. The van der Waals surface area contributed by atoms with Gasteiger partial charge in [0.05, 0.1) is 5.56 Å². The van der Waals surface area contributed by atoms with Crippen LogP contribution in [0.4, 0.5) is 17.5 Å². The van der Waals surface area contributed by atoms with Gasteiger partial charge in [-0.1, -0.05) is 36.4 Å². The first-order valence-corrected chi connectivity index (χ1v) is 6.92. The standard InChI is InChI=1S/C17H14N4O2.ClH/c18-15-14(12-8-4-5-9-13(12)16(22)23)10-19-17(21-15)20-11-6-2-1-3-7-11;/h1-10H,(H,22,23)(H3,18,19,20,21);1H. The van der Waals surface area contributed by atoms with Crippen molar-refractivity contribution in [3.8, 4) is 11.1 Å². The number of anilines is 3. The van der Waals surface area contributed by atoms with E-state index in [1.807, 2.05) is 30.3 Å². The monoisotopic (exact) mass is 342 g/mol. The number of rotatable bonds is 4. The van der Waals surface area contributed by atoms with Gasteiger partial charge >= 0.3 is 5.97 Å². The van der Waals surface area contributed by atoms with E-state index in [0.717, 1.165) is 5.69 Å². The minimum Gasteiger partial charge on any atom is -0.478 e. The van der Waals surface area contributed by atoms with Crippen LogP contribution in [0.25, 0.3) is 11.1 Å². The molecule has 0 fully saturated rings. The van der Waals surface area contributed by atoms with Gasteiger partial charge < -0.3 is 16.2 Å². The fourth-order valence-corrected chi connectivity index (χ4v) is 2.22. The van der Waals surface area contributed by atoms with Crippen LogP contribution in [0.1, 0.15) is 10.4 Å². The predicted molar refractivity (Wildman–Crippen MR) is 95.8 cm³/mol. The molecule has 24 heavy (non-hydrogen) atoms. The van der Waals surface area contributed by atoms with Gasteiger partial charge in [-0.3, -0.25) is 0 Å². The Balaban J connectivity index is 0.00000208. The van der Waals surface area contributed by atoms with E-state index in [4.69, 9.17) is 5.73 Å². The van der Waals surface area contributed by atoms with E-state index in [1.165, 1.54) is 12.3 Å². The zero-order valence-electron chi connectivity index (χ0n) is 12.5. The average Bonchev–Trinajstić information content (AvgIpc) is 2.56. The van der Waals surface area contributed by atoms with Gasteiger partial charge in [0, 0.05) is 23.0 Å². The van der Waals surface area contributed by atoms with Crippen LogP contribution >= 0.6 is 12.4 Å². The molecule has 4 N–H and O–H groups in total. The molecule has 0 aliphatic carbocycles. The Morgan fingerprint density at radius 1 is 1.00 bits per heavy atom. The number of aromatic nitrogens is 2. The lowest BCUT2D eigenvalue weighted by molar-refractivity contribution is 0.0698. The van der Waals surface area contributed by atoms with E-state index in [0.29, 0.717) is 17.1 Å². The first-order chi connectivity index (χ1) is 11.1. The van der Waals surface area contributed by atoms with Crippen LogP contribution in [-0.2, 0) is 0 Å². The molecule has 0 spiro atoms. The number of aromatic carboxylic acids is 1. The van der Waals surface area contributed by atoms with Gasteiger partial charge in [0.25, 0.3) is 0 Å². The van der Waals surface area contributed by atoms with Crippen molar-refractivity contribution in [2.24, 2.45) is 0 Å². The van der Waals surface area contributed by atoms with Gasteiger partial charge in [0.2, 0.25) is 5.95 Å². The molecule has 7 heteroatoms. The Bertz CT molecular complexity index is 856. The molecule has 0 unspecified atom stereocenters. The number of carboxylic acid groups (broad SMARTS) is 1. The van der Waals surface area contributed by atoms with Crippen molar-refractivity contribution in [1.82, 2.24) is 9.97 Å². The Morgan fingerprint density at radius 2 is 1.67 bits per heavy atom. The summed E-state index contributed by atoms with van der Waals surface area (Å²) in [6, 6.07) is 16.1. The fraction of sp³-hybridized carbons (Fsp3) is 0. The number of para-hydroxylation sites is 1. The van der Waals surface area contributed by atoms with Crippen LogP contribution in [0.3, 0.4) is 0 Å². The highest BCUT2D eigenvalue weighted by Gasteiger charge is 2.14. The van der Waals surface area contributed by atoms with Gasteiger partial charge in [-0.05, 0) is 18.2 Å². The minimum atomic E-state index is -1.02. The van der Waals surface area contributed by atoms with Gasteiger partial charge in [-0.15, -0.1) is 12.4 Å². The quantitative estimate of drug-likeness (QED) is 0.669. The van der Waals surface area contributed by atoms with E-state index < -0.39 is 5.97 Å². The molecule has 0 radical (unpaired) electrons. The van der Waals surface area contributed by atoms with E-state index in [-0.39, 0.29) is 23.8 Å². The molecule has 0 saturated heterocycles. The van der Waals surface area contributed by atoms with E-state index >= 15 is 0 Å². The van der Waals surface area contributed by atoms with Crippen molar-refractivity contribution in [3.63, 3.8) is 0 Å². The number of hydrogen-bond acceptors (Lipinski definition) is 5. The van der Waals surface area contributed by atoms with E-state index in [2.05, 4.69) is 15.3 Å². The number of hydrogen-bond donors (Lipinski definition) is 3. The molecule has 0 aliphatic rings. The Morgan fingerprint density at radius 3 is 2.33 bits per heavy atom. The van der Waals surface area contributed by atoms with Crippen molar-refractivity contribution in [2.75, 3.05) is 11.1 Å². The molecule has 0 aliphatic heterocycles. The maximum Gasteiger partial charge on any atom is 0.336 e. The number of benzene rings is 2. The second-order valence-electron chi connectivity index (χ2n) is 4.83. The number of nitrogens with zero attached hydrogens (tertiary/aromatic N) is 2. The second kappa shape index (κ2) is 7.43. The average molecular weight is 343 g/mol. The van der Waals surface area contributed by atoms with Crippen molar-refractivity contribution in [3.05, 3.63) is 66.4 Å². The molecule has 0 amide bonds. The van der Waals surface area contributed by atoms with Crippen molar-refractivity contribution >= 4 is 35.8 Å². The Kier molecular flexibility index (Phi) is 5.34. The van der Waals surface area contributed by atoms with Gasteiger partial charge in [-0.2, -0.15) is 4.98 Å². The van der Waals surface area contributed by atoms with Crippen molar-refractivity contribution in [1.29, 1.82) is 0 Å². The Hall–Kier alpha value is -3.12. The molecule has 0 atom stereocenters. The smallest absolute Gasteiger partial charge is 0.336 e.